The van der Waals surface area contributed by atoms with E-state index in [0.717, 1.165) is 30.4 Å². The first kappa shape index (κ1) is 23.6. The molecule has 4 heteroatoms. The van der Waals surface area contributed by atoms with E-state index in [1.807, 2.05) is 6.07 Å². The zero-order valence-corrected chi connectivity index (χ0v) is 19.0. The normalized spacial score (nSPS) is 14.1. The number of nitrogens with zero attached hydrogens (tertiary/aromatic N) is 1. The molecule has 0 bridgehead atoms. The van der Waals surface area contributed by atoms with Crippen LogP contribution in [0.1, 0.15) is 42.4 Å². The lowest BCUT2D eigenvalue weighted by Gasteiger charge is -2.19. The maximum atomic E-state index is 5.41. The molecule has 0 fully saturated rings. The highest BCUT2D eigenvalue weighted by Gasteiger charge is 2.16. The van der Waals surface area contributed by atoms with Gasteiger partial charge in [0.15, 0.2) is 11.5 Å². The smallest absolute Gasteiger partial charge is 0.160 e. The molecule has 0 heterocycles. The molecule has 0 aromatic heterocycles. The summed E-state index contributed by atoms with van der Waals surface area (Å²) in [4.78, 5) is 2.46. The third-order valence-electron chi connectivity index (χ3n) is 6.14. The Morgan fingerprint density at radius 1 is 0.897 bits per heavy atom. The van der Waals surface area contributed by atoms with Gasteiger partial charge in [-0.2, -0.15) is 0 Å². The lowest BCUT2D eigenvalue weighted by molar-refractivity contribution is 0.308. The molecule has 29 heavy (non-hydrogen) atoms. The Morgan fingerprint density at radius 2 is 1.55 bits per heavy atom. The summed E-state index contributed by atoms with van der Waals surface area (Å²) in [5, 5.41) is 0. The van der Waals surface area contributed by atoms with Crippen LogP contribution in [0.2, 0.25) is 0 Å². The topological polar surface area (TPSA) is 21.7 Å². The highest BCUT2D eigenvalue weighted by Crippen LogP contribution is 2.28. The van der Waals surface area contributed by atoms with E-state index in [-0.39, 0.29) is 12.4 Å². The number of hydrogen-bond donors (Lipinski definition) is 0. The number of rotatable bonds is 9. The maximum Gasteiger partial charge on any atom is 0.160 e. The zero-order valence-electron chi connectivity index (χ0n) is 18.2. The van der Waals surface area contributed by atoms with Crippen LogP contribution >= 0.6 is 12.4 Å². The number of fused-ring (bicyclic) bond motifs is 1. The highest BCUT2D eigenvalue weighted by atomic mass is 35.5. The number of likely N-dealkylation sites (N-methyl/N-ethyl adjacent to an activating group) is 1. The van der Waals surface area contributed by atoms with Crippen molar-refractivity contribution in [3.8, 4) is 11.5 Å². The minimum Gasteiger partial charge on any atom is -0.493 e. The summed E-state index contributed by atoms with van der Waals surface area (Å²) in [6, 6.07) is 15.2. The zero-order chi connectivity index (χ0) is 19.8. The summed E-state index contributed by atoms with van der Waals surface area (Å²) in [5.41, 5.74) is 4.46. The van der Waals surface area contributed by atoms with Gasteiger partial charge in [0.05, 0.1) is 14.2 Å². The molecule has 160 valence electrons. The molecular formula is C25H36ClNO2. The molecule has 1 aliphatic rings. The standard InChI is InChI=1S/C25H35NO2.ClH/c1-26(18-16-21-12-15-24(27-2)25(19-21)28-3)17-6-7-20-10-13-22-8-4-5-9-23(22)14-11-20;/h4-5,8-9,12,15,19-20H,6-7,10-11,13-14,16-18H2,1-3H3;1H. The van der Waals surface area contributed by atoms with E-state index in [1.54, 1.807) is 25.3 Å². The van der Waals surface area contributed by atoms with Gasteiger partial charge in [-0.15, -0.1) is 12.4 Å². The molecule has 0 spiro atoms. The van der Waals surface area contributed by atoms with Crippen LogP contribution < -0.4 is 9.47 Å². The van der Waals surface area contributed by atoms with Crippen molar-refractivity contribution in [2.24, 2.45) is 5.92 Å². The number of benzene rings is 2. The average Bonchev–Trinajstić information content (AvgIpc) is 2.94. The third kappa shape index (κ3) is 6.94. The van der Waals surface area contributed by atoms with Gasteiger partial charge in [0.2, 0.25) is 0 Å². The molecule has 0 N–H and O–H groups in total. The predicted molar refractivity (Wildman–Crippen MR) is 124 cm³/mol. The summed E-state index contributed by atoms with van der Waals surface area (Å²) in [7, 11) is 5.61. The van der Waals surface area contributed by atoms with E-state index in [9.17, 15) is 0 Å². The van der Waals surface area contributed by atoms with Crippen LogP contribution in [0.5, 0.6) is 11.5 Å². The van der Waals surface area contributed by atoms with Crippen molar-refractivity contribution in [1.82, 2.24) is 4.90 Å². The fourth-order valence-electron chi connectivity index (χ4n) is 4.32. The number of aryl methyl sites for hydroxylation is 2. The van der Waals surface area contributed by atoms with Gasteiger partial charge < -0.3 is 14.4 Å². The Hall–Kier alpha value is -1.71. The summed E-state index contributed by atoms with van der Waals surface area (Å²) >= 11 is 0. The van der Waals surface area contributed by atoms with Crippen molar-refractivity contribution in [2.45, 2.75) is 44.9 Å². The van der Waals surface area contributed by atoms with E-state index in [4.69, 9.17) is 9.47 Å². The van der Waals surface area contributed by atoms with Crippen LogP contribution in [-0.2, 0) is 19.3 Å². The Kier molecular flexibility index (Phi) is 9.83. The second-order valence-corrected chi connectivity index (χ2v) is 8.10. The first-order valence-electron chi connectivity index (χ1n) is 10.7. The molecule has 0 saturated carbocycles. The van der Waals surface area contributed by atoms with Crippen molar-refractivity contribution in [2.75, 3.05) is 34.4 Å². The van der Waals surface area contributed by atoms with E-state index in [2.05, 4.69) is 48.3 Å². The quantitative estimate of drug-likeness (QED) is 0.497. The fraction of sp³-hybridized carbons (Fsp3) is 0.520. The van der Waals surface area contributed by atoms with Crippen LogP contribution in [0.4, 0.5) is 0 Å². The van der Waals surface area contributed by atoms with Crippen LogP contribution in [0.15, 0.2) is 42.5 Å². The Bertz CT molecular complexity index is 722. The van der Waals surface area contributed by atoms with Gasteiger partial charge in [0.25, 0.3) is 0 Å². The minimum absolute atomic E-state index is 0. The van der Waals surface area contributed by atoms with Crippen LogP contribution in [0.3, 0.4) is 0 Å². The fourth-order valence-corrected chi connectivity index (χ4v) is 4.32. The highest BCUT2D eigenvalue weighted by molar-refractivity contribution is 5.85. The molecule has 3 rings (SSSR count). The van der Waals surface area contributed by atoms with Gasteiger partial charge in [-0.3, -0.25) is 0 Å². The van der Waals surface area contributed by atoms with Gasteiger partial charge in [0, 0.05) is 6.54 Å². The molecule has 2 aromatic rings. The summed E-state index contributed by atoms with van der Waals surface area (Å²) in [5.74, 6) is 2.49. The van der Waals surface area contributed by atoms with E-state index in [1.165, 1.54) is 50.6 Å². The molecule has 0 saturated heterocycles. The van der Waals surface area contributed by atoms with Gasteiger partial charge >= 0.3 is 0 Å². The molecule has 0 radical (unpaired) electrons. The largest absolute Gasteiger partial charge is 0.493 e. The lowest BCUT2D eigenvalue weighted by atomic mass is 9.94. The minimum atomic E-state index is 0. The first-order chi connectivity index (χ1) is 13.7. The first-order valence-corrected chi connectivity index (χ1v) is 10.7. The van der Waals surface area contributed by atoms with Crippen LogP contribution in [-0.4, -0.2) is 39.3 Å². The van der Waals surface area contributed by atoms with Gasteiger partial charge in [-0.05, 0) is 93.3 Å². The molecule has 0 atom stereocenters. The Labute approximate surface area is 182 Å². The number of methoxy groups -OCH3 is 2. The molecule has 1 aliphatic carbocycles. The molecular weight excluding hydrogens is 382 g/mol. The molecule has 2 aromatic carbocycles. The van der Waals surface area contributed by atoms with Crippen LogP contribution in [0, 0.1) is 5.92 Å². The van der Waals surface area contributed by atoms with Crippen LogP contribution in [0.25, 0.3) is 0 Å². The number of ether oxygens (including phenoxy) is 2. The predicted octanol–water partition coefficient (Wildman–Crippen LogP) is 5.58. The summed E-state index contributed by atoms with van der Waals surface area (Å²) in [6.45, 7) is 2.25. The molecule has 0 unspecified atom stereocenters. The second kappa shape index (κ2) is 12.1. The van der Waals surface area contributed by atoms with Crippen molar-refractivity contribution in [1.29, 1.82) is 0 Å². The number of hydrogen-bond acceptors (Lipinski definition) is 3. The molecule has 3 nitrogen and oxygen atoms in total. The van der Waals surface area contributed by atoms with Gasteiger partial charge in [0.1, 0.15) is 0 Å². The number of halogens is 1. The monoisotopic (exact) mass is 417 g/mol. The van der Waals surface area contributed by atoms with Crippen molar-refractivity contribution in [3.05, 3.63) is 59.2 Å². The van der Waals surface area contributed by atoms with E-state index >= 15 is 0 Å². The van der Waals surface area contributed by atoms with Crippen molar-refractivity contribution < 1.29 is 9.47 Å². The molecule has 0 aliphatic heterocycles. The lowest BCUT2D eigenvalue weighted by Crippen LogP contribution is -2.23. The van der Waals surface area contributed by atoms with Crippen molar-refractivity contribution in [3.63, 3.8) is 0 Å². The maximum absolute atomic E-state index is 5.41. The third-order valence-corrected chi connectivity index (χ3v) is 6.14. The van der Waals surface area contributed by atoms with Crippen molar-refractivity contribution >= 4 is 12.4 Å². The SMILES string of the molecule is COc1ccc(CCN(C)CCCC2CCc3ccccc3CC2)cc1OC.Cl. The van der Waals surface area contributed by atoms with Gasteiger partial charge in [-0.1, -0.05) is 30.3 Å². The Balaban J connectivity index is 0.00000300. The molecule has 0 amide bonds. The van der Waals surface area contributed by atoms with E-state index in [0.29, 0.717) is 0 Å². The Morgan fingerprint density at radius 3 is 2.17 bits per heavy atom. The summed E-state index contributed by atoms with van der Waals surface area (Å²) < 4.78 is 10.7. The summed E-state index contributed by atoms with van der Waals surface area (Å²) in [6.07, 6.45) is 8.92. The average molecular weight is 418 g/mol. The van der Waals surface area contributed by atoms with E-state index < -0.39 is 0 Å². The second-order valence-electron chi connectivity index (χ2n) is 8.10. The van der Waals surface area contributed by atoms with Gasteiger partial charge in [-0.25, -0.2) is 0 Å².